The first-order valence-electron chi connectivity index (χ1n) is 7.76. The molecule has 7 heteroatoms. The molecule has 1 fully saturated rings. The normalized spacial score (nSPS) is 15.3. The predicted molar refractivity (Wildman–Crippen MR) is 82.2 cm³/mol. The van der Waals surface area contributed by atoms with Crippen LogP contribution in [0, 0.1) is 0 Å². The molecule has 1 saturated heterocycles. The molecule has 0 radical (unpaired) electrons. The van der Waals surface area contributed by atoms with Gasteiger partial charge in [-0.1, -0.05) is 0 Å². The molecule has 0 spiro atoms. The van der Waals surface area contributed by atoms with Crippen LogP contribution in [0.4, 0.5) is 0 Å². The van der Waals surface area contributed by atoms with Gasteiger partial charge in [-0.2, -0.15) is 0 Å². The van der Waals surface area contributed by atoms with Crippen molar-refractivity contribution in [2.45, 2.75) is 19.8 Å². The third-order valence-electron chi connectivity index (χ3n) is 3.73. The summed E-state index contributed by atoms with van der Waals surface area (Å²) in [6.07, 6.45) is 4.14. The Bertz CT molecular complexity index is 648. The second-order valence-corrected chi connectivity index (χ2v) is 5.34. The number of imidazole rings is 1. The molecule has 22 heavy (non-hydrogen) atoms. The fraction of sp³-hybridized carbons (Fsp3) is 0.533. The van der Waals surface area contributed by atoms with Gasteiger partial charge < -0.3 is 15.0 Å². The average Bonchev–Trinajstić information content (AvgIpc) is 3.16. The topological polar surface area (TPSA) is 71.8 Å². The molecule has 1 aliphatic heterocycles. The van der Waals surface area contributed by atoms with Crippen molar-refractivity contribution in [1.82, 2.24) is 24.8 Å². The van der Waals surface area contributed by atoms with E-state index in [1.165, 1.54) is 12.8 Å². The highest BCUT2D eigenvalue weighted by Crippen LogP contribution is 2.10. The van der Waals surface area contributed by atoms with Crippen LogP contribution in [-0.4, -0.2) is 58.2 Å². The predicted octanol–water partition coefficient (Wildman–Crippen LogP) is 0.954. The molecule has 7 nitrogen and oxygen atoms in total. The third-order valence-corrected chi connectivity index (χ3v) is 3.73. The first-order chi connectivity index (χ1) is 10.8. The molecule has 0 aromatic carbocycles. The fourth-order valence-corrected chi connectivity index (χ4v) is 2.62. The Labute approximate surface area is 129 Å². The Morgan fingerprint density at radius 1 is 1.36 bits per heavy atom. The Morgan fingerprint density at radius 3 is 2.95 bits per heavy atom. The van der Waals surface area contributed by atoms with Crippen molar-refractivity contribution in [2.24, 2.45) is 0 Å². The van der Waals surface area contributed by atoms with Gasteiger partial charge in [0.15, 0.2) is 5.65 Å². The minimum atomic E-state index is -0.164. The van der Waals surface area contributed by atoms with E-state index >= 15 is 0 Å². The average molecular weight is 303 g/mol. The molecule has 0 unspecified atom stereocenters. The van der Waals surface area contributed by atoms with E-state index in [4.69, 9.17) is 4.74 Å². The molecule has 0 bridgehead atoms. The minimum Gasteiger partial charge on any atom is -0.477 e. The Balaban J connectivity index is 1.60. The second-order valence-electron chi connectivity index (χ2n) is 5.34. The van der Waals surface area contributed by atoms with Crippen molar-refractivity contribution >= 4 is 11.6 Å². The van der Waals surface area contributed by atoms with Crippen molar-refractivity contribution in [2.75, 3.05) is 32.8 Å². The highest BCUT2D eigenvalue weighted by atomic mass is 16.5. The number of ether oxygens (including phenoxy) is 1. The van der Waals surface area contributed by atoms with Crippen LogP contribution in [0.3, 0.4) is 0 Å². The standard InChI is InChI=1S/C15H21N5O2/c1-2-22-14-6-5-13-17-12(11-20(13)18-14)15(21)16-7-10-19-8-3-4-9-19/h5-6,11H,2-4,7-10H2,1H3,(H,16,21). The van der Waals surface area contributed by atoms with E-state index in [9.17, 15) is 4.79 Å². The molecule has 1 aliphatic rings. The number of hydrogen-bond acceptors (Lipinski definition) is 5. The molecule has 1 amide bonds. The SMILES string of the molecule is CCOc1ccc2nc(C(=O)NCCN3CCCC3)cn2n1. The number of fused-ring (bicyclic) bond motifs is 1. The number of nitrogens with zero attached hydrogens (tertiary/aromatic N) is 4. The van der Waals surface area contributed by atoms with E-state index in [-0.39, 0.29) is 5.91 Å². The van der Waals surface area contributed by atoms with Crippen LogP contribution >= 0.6 is 0 Å². The number of carbonyl (C=O) groups is 1. The Kier molecular flexibility index (Phi) is 4.53. The van der Waals surface area contributed by atoms with Gasteiger partial charge in [0, 0.05) is 19.2 Å². The number of hydrogen-bond donors (Lipinski definition) is 1. The van der Waals surface area contributed by atoms with Gasteiger partial charge >= 0.3 is 0 Å². The Morgan fingerprint density at radius 2 is 2.18 bits per heavy atom. The van der Waals surface area contributed by atoms with E-state index in [0.29, 0.717) is 30.4 Å². The maximum atomic E-state index is 12.1. The number of likely N-dealkylation sites (tertiary alicyclic amines) is 1. The highest BCUT2D eigenvalue weighted by molar-refractivity contribution is 5.92. The molecular weight excluding hydrogens is 282 g/mol. The van der Waals surface area contributed by atoms with E-state index in [1.54, 1.807) is 22.8 Å². The van der Waals surface area contributed by atoms with Gasteiger partial charge in [0.2, 0.25) is 5.88 Å². The second kappa shape index (κ2) is 6.74. The number of carbonyl (C=O) groups excluding carboxylic acids is 1. The van der Waals surface area contributed by atoms with E-state index in [0.717, 1.165) is 19.6 Å². The minimum absolute atomic E-state index is 0.164. The molecule has 0 saturated carbocycles. The van der Waals surface area contributed by atoms with Crippen LogP contribution in [0.15, 0.2) is 18.3 Å². The number of amides is 1. The highest BCUT2D eigenvalue weighted by Gasteiger charge is 2.14. The van der Waals surface area contributed by atoms with Crippen molar-refractivity contribution in [1.29, 1.82) is 0 Å². The van der Waals surface area contributed by atoms with E-state index < -0.39 is 0 Å². The van der Waals surface area contributed by atoms with Crippen molar-refractivity contribution in [3.63, 3.8) is 0 Å². The number of rotatable bonds is 6. The van der Waals surface area contributed by atoms with E-state index in [2.05, 4.69) is 20.3 Å². The molecule has 2 aromatic rings. The summed E-state index contributed by atoms with van der Waals surface area (Å²) in [6.45, 7) is 6.26. The summed E-state index contributed by atoms with van der Waals surface area (Å²) < 4.78 is 6.91. The molecule has 3 rings (SSSR count). The smallest absolute Gasteiger partial charge is 0.271 e. The van der Waals surface area contributed by atoms with Crippen LogP contribution in [0.1, 0.15) is 30.3 Å². The summed E-state index contributed by atoms with van der Waals surface area (Å²) in [6, 6.07) is 3.54. The lowest BCUT2D eigenvalue weighted by Gasteiger charge is -2.14. The summed E-state index contributed by atoms with van der Waals surface area (Å²) in [5.74, 6) is 0.357. The molecule has 1 N–H and O–H groups in total. The fourth-order valence-electron chi connectivity index (χ4n) is 2.62. The molecular formula is C15H21N5O2. The van der Waals surface area contributed by atoms with Gasteiger partial charge in [-0.05, 0) is 38.9 Å². The lowest BCUT2D eigenvalue weighted by molar-refractivity contribution is 0.0945. The zero-order valence-electron chi connectivity index (χ0n) is 12.8. The van der Waals surface area contributed by atoms with Gasteiger partial charge in [-0.3, -0.25) is 4.79 Å². The van der Waals surface area contributed by atoms with Crippen LogP contribution < -0.4 is 10.1 Å². The summed E-state index contributed by atoms with van der Waals surface area (Å²) in [5.41, 5.74) is 1.01. The lowest BCUT2D eigenvalue weighted by atomic mass is 10.4. The Hall–Kier alpha value is -2.15. The lowest BCUT2D eigenvalue weighted by Crippen LogP contribution is -2.33. The summed E-state index contributed by atoms with van der Waals surface area (Å²) in [5, 5.41) is 7.17. The molecule has 2 aromatic heterocycles. The van der Waals surface area contributed by atoms with Crippen molar-refractivity contribution in [3.8, 4) is 5.88 Å². The number of aromatic nitrogens is 3. The number of nitrogens with one attached hydrogen (secondary N) is 1. The van der Waals surface area contributed by atoms with Gasteiger partial charge in [0.05, 0.1) is 12.8 Å². The third kappa shape index (κ3) is 3.36. The quantitative estimate of drug-likeness (QED) is 0.860. The van der Waals surface area contributed by atoms with Crippen LogP contribution in [0.25, 0.3) is 5.65 Å². The van der Waals surface area contributed by atoms with E-state index in [1.807, 2.05) is 6.92 Å². The van der Waals surface area contributed by atoms with Gasteiger partial charge in [0.1, 0.15) is 5.69 Å². The summed E-state index contributed by atoms with van der Waals surface area (Å²) in [4.78, 5) is 18.8. The molecule has 118 valence electrons. The first-order valence-corrected chi connectivity index (χ1v) is 7.76. The van der Waals surface area contributed by atoms with Gasteiger partial charge in [-0.25, -0.2) is 9.50 Å². The maximum absolute atomic E-state index is 12.1. The summed E-state index contributed by atoms with van der Waals surface area (Å²) in [7, 11) is 0. The van der Waals surface area contributed by atoms with Crippen molar-refractivity contribution < 1.29 is 9.53 Å². The van der Waals surface area contributed by atoms with Crippen molar-refractivity contribution in [3.05, 3.63) is 24.0 Å². The largest absolute Gasteiger partial charge is 0.477 e. The molecule has 0 atom stereocenters. The monoisotopic (exact) mass is 303 g/mol. The maximum Gasteiger partial charge on any atom is 0.271 e. The van der Waals surface area contributed by atoms with Gasteiger partial charge in [-0.15, -0.1) is 5.10 Å². The summed E-state index contributed by atoms with van der Waals surface area (Å²) >= 11 is 0. The van der Waals surface area contributed by atoms with Gasteiger partial charge in [0.25, 0.3) is 5.91 Å². The first kappa shape index (κ1) is 14.8. The van der Waals surface area contributed by atoms with Crippen LogP contribution in [0.2, 0.25) is 0 Å². The molecule has 3 heterocycles. The zero-order chi connectivity index (χ0) is 15.4. The zero-order valence-corrected chi connectivity index (χ0v) is 12.8. The van der Waals surface area contributed by atoms with Crippen LogP contribution in [0.5, 0.6) is 5.88 Å². The molecule has 0 aliphatic carbocycles. The van der Waals surface area contributed by atoms with Crippen LogP contribution in [-0.2, 0) is 0 Å².